The van der Waals surface area contributed by atoms with Gasteiger partial charge in [-0.1, -0.05) is 18.6 Å². The van der Waals surface area contributed by atoms with E-state index in [1.807, 2.05) is 0 Å². The highest BCUT2D eigenvalue weighted by Gasteiger charge is 2.25. The highest BCUT2D eigenvalue weighted by molar-refractivity contribution is 8.21. The van der Waals surface area contributed by atoms with Crippen molar-refractivity contribution in [1.29, 1.82) is 0 Å². The Morgan fingerprint density at radius 3 is 2.33 bits per heavy atom. The third-order valence-electron chi connectivity index (χ3n) is 2.31. The molecule has 0 aromatic rings. The van der Waals surface area contributed by atoms with Crippen LogP contribution in [0.4, 0.5) is 0 Å². The summed E-state index contributed by atoms with van der Waals surface area (Å²) in [4.78, 5) is 0. The van der Waals surface area contributed by atoms with Gasteiger partial charge < -0.3 is 5.73 Å². The van der Waals surface area contributed by atoms with E-state index in [1.54, 1.807) is 0 Å². The van der Waals surface area contributed by atoms with E-state index in [0.717, 1.165) is 0 Å². The average molecular weight is 204 g/mol. The minimum absolute atomic E-state index is 0.538. The third kappa shape index (κ3) is 2.61. The number of thiocarbonyl (C=S) groups is 1. The Balaban J connectivity index is 2.50. The van der Waals surface area contributed by atoms with E-state index in [9.17, 15) is 0 Å². The number of hydrogen-bond acceptors (Lipinski definition) is 3. The van der Waals surface area contributed by atoms with E-state index in [1.165, 1.54) is 31.2 Å². The standard InChI is InChI=1S/C8H16N2S2/c1-6-4-3-5-7(2)10(6)12-8(9)11/h6-7H,3-5H2,1-2H3,(H2,9,11). The minimum Gasteiger partial charge on any atom is -0.384 e. The van der Waals surface area contributed by atoms with Crippen molar-refractivity contribution in [2.24, 2.45) is 5.73 Å². The predicted molar refractivity (Wildman–Crippen MR) is 59.0 cm³/mol. The van der Waals surface area contributed by atoms with Crippen LogP contribution in [0.15, 0.2) is 0 Å². The second-order valence-electron chi connectivity index (χ2n) is 3.40. The first-order valence-electron chi connectivity index (χ1n) is 4.37. The first kappa shape index (κ1) is 10.3. The summed E-state index contributed by atoms with van der Waals surface area (Å²) in [6, 6.07) is 1.22. The fourth-order valence-corrected chi connectivity index (χ4v) is 2.72. The molecule has 0 aliphatic carbocycles. The number of piperidine rings is 1. The summed E-state index contributed by atoms with van der Waals surface area (Å²) in [5, 5.41) is 0. The summed E-state index contributed by atoms with van der Waals surface area (Å²) >= 11 is 6.42. The highest BCUT2D eigenvalue weighted by atomic mass is 32.2. The third-order valence-corrected chi connectivity index (χ3v) is 3.64. The number of hydrogen-bond donors (Lipinski definition) is 1. The number of nitrogens with zero attached hydrogens (tertiary/aromatic N) is 1. The molecule has 4 heteroatoms. The van der Waals surface area contributed by atoms with Crippen LogP contribution >= 0.6 is 24.2 Å². The molecule has 1 rings (SSSR count). The Labute approximate surface area is 84.0 Å². The molecule has 2 atom stereocenters. The van der Waals surface area contributed by atoms with Crippen molar-refractivity contribution in [1.82, 2.24) is 4.31 Å². The Kier molecular flexibility index (Phi) is 3.80. The molecule has 0 radical (unpaired) electrons. The predicted octanol–water partition coefficient (Wildman–Crippen LogP) is 2.14. The van der Waals surface area contributed by atoms with Crippen molar-refractivity contribution in [3.63, 3.8) is 0 Å². The Hall–Kier alpha value is 0.200. The molecule has 1 saturated heterocycles. The van der Waals surface area contributed by atoms with Crippen molar-refractivity contribution in [3.8, 4) is 0 Å². The van der Waals surface area contributed by atoms with E-state index < -0.39 is 0 Å². The van der Waals surface area contributed by atoms with E-state index in [2.05, 4.69) is 18.2 Å². The van der Waals surface area contributed by atoms with Gasteiger partial charge in [0.15, 0.2) is 0 Å². The van der Waals surface area contributed by atoms with E-state index in [-0.39, 0.29) is 0 Å². The van der Waals surface area contributed by atoms with Crippen LogP contribution in [0.5, 0.6) is 0 Å². The molecule has 12 heavy (non-hydrogen) atoms. The van der Waals surface area contributed by atoms with Crippen molar-refractivity contribution < 1.29 is 0 Å². The minimum atomic E-state index is 0.538. The SMILES string of the molecule is CC1CCCC(C)N1SC(N)=S. The van der Waals surface area contributed by atoms with Gasteiger partial charge in [-0.15, -0.1) is 0 Å². The molecule has 70 valence electrons. The van der Waals surface area contributed by atoms with Gasteiger partial charge in [0.25, 0.3) is 0 Å². The van der Waals surface area contributed by atoms with Crippen LogP contribution in [0.3, 0.4) is 0 Å². The summed E-state index contributed by atoms with van der Waals surface area (Å²) in [5.41, 5.74) is 5.50. The van der Waals surface area contributed by atoms with Crippen LogP contribution in [-0.4, -0.2) is 20.7 Å². The van der Waals surface area contributed by atoms with Gasteiger partial charge in [-0.2, -0.15) is 0 Å². The van der Waals surface area contributed by atoms with Crippen LogP contribution in [0.1, 0.15) is 33.1 Å². The molecule has 2 N–H and O–H groups in total. The van der Waals surface area contributed by atoms with Gasteiger partial charge >= 0.3 is 0 Å². The first-order valence-corrected chi connectivity index (χ1v) is 5.55. The molecule has 1 aliphatic rings. The average Bonchev–Trinajstić information content (AvgIpc) is 1.97. The molecule has 0 amide bonds. The fourth-order valence-electron chi connectivity index (χ4n) is 1.68. The zero-order chi connectivity index (χ0) is 9.14. The quantitative estimate of drug-likeness (QED) is 0.523. The van der Waals surface area contributed by atoms with Crippen molar-refractivity contribution in [2.75, 3.05) is 0 Å². The lowest BCUT2D eigenvalue weighted by Gasteiger charge is -2.37. The largest absolute Gasteiger partial charge is 0.384 e. The summed E-state index contributed by atoms with van der Waals surface area (Å²) in [6.45, 7) is 4.47. The van der Waals surface area contributed by atoms with Crippen LogP contribution in [0.2, 0.25) is 0 Å². The molecule has 1 heterocycles. The Bertz CT molecular complexity index is 162. The Morgan fingerprint density at radius 1 is 1.42 bits per heavy atom. The van der Waals surface area contributed by atoms with Crippen molar-refractivity contribution in [2.45, 2.75) is 45.2 Å². The number of nitrogens with two attached hydrogens (primary N) is 1. The van der Waals surface area contributed by atoms with Gasteiger partial charge in [0, 0.05) is 12.1 Å². The second-order valence-corrected chi connectivity index (χ2v) is 5.14. The molecule has 0 bridgehead atoms. The van der Waals surface area contributed by atoms with E-state index in [0.29, 0.717) is 16.4 Å². The van der Waals surface area contributed by atoms with Crippen molar-refractivity contribution >= 4 is 28.5 Å². The van der Waals surface area contributed by atoms with Gasteiger partial charge in [0.05, 0.1) is 0 Å². The zero-order valence-electron chi connectivity index (χ0n) is 7.62. The molecule has 0 saturated carbocycles. The molecule has 0 aromatic heterocycles. The molecule has 0 spiro atoms. The molecular weight excluding hydrogens is 188 g/mol. The van der Waals surface area contributed by atoms with Gasteiger partial charge in [-0.3, -0.25) is 0 Å². The highest BCUT2D eigenvalue weighted by Crippen LogP contribution is 2.28. The van der Waals surface area contributed by atoms with Gasteiger partial charge in [-0.25, -0.2) is 4.31 Å². The molecule has 1 fully saturated rings. The summed E-state index contributed by atoms with van der Waals surface area (Å²) in [6.07, 6.45) is 3.86. The fraction of sp³-hybridized carbons (Fsp3) is 0.875. The summed E-state index contributed by atoms with van der Waals surface area (Å²) in [7, 11) is 0. The van der Waals surface area contributed by atoms with E-state index >= 15 is 0 Å². The topological polar surface area (TPSA) is 29.3 Å². The summed E-state index contributed by atoms with van der Waals surface area (Å²) in [5.74, 6) is 0. The molecule has 2 unspecified atom stereocenters. The van der Waals surface area contributed by atoms with E-state index in [4.69, 9.17) is 18.0 Å². The van der Waals surface area contributed by atoms with Gasteiger partial charge in [0.2, 0.25) is 0 Å². The maximum absolute atomic E-state index is 5.50. The lowest BCUT2D eigenvalue weighted by atomic mass is 10.0. The second kappa shape index (κ2) is 4.44. The Morgan fingerprint density at radius 2 is 1.92 bits per heavy atom. The monoisotopic (exact) mass is 204 g/mol. The molecule has 2 nitrogen and oxygen atoms in total. The van der Waals surface area contributed by atoms with Gasteiger partial charge in [-0.05, 0) is 38.6 Å². The lowest BCUT2D eigenvalue weighted by molar-refractivity contribution is 0.225. The smallest absolute Gasteiger partial charge is 0.146 e. The van der Waals surface area contributed by atoms with Crippen LogP contribution in [-0.2, 0) is 0 Å². The lowest BCUT2D eigenvalue weighted by Crippen LogP contribution is -2.40. The van der Waals surface area contributed by atoms with Gasteiger partial charge in [0.1, 0.15) is 4.32 Å². The molecular formula is C8H16N2S2. The summed E-state index contributed by atoms with van der Waals surface area (Å²) < 4.78 is 2.86. The van der Waals surface area contributed by atoms with Crippen LogP contribution in [0, 0.1) is 0 Å². The van der Waals surface area contributed by atoms with Crippen LogP contribution in [0.25, 0.3) is 0 Å². The molecule has 1 aliphatic heterocycles. The normalized spacial score (nSPS) is 31.8. The van der Waals surface area contributed by atoms with Crippen LogP contribution < -0.4 is 5.73 Å². The maximum Gasteiger partial charge on any atom is 0.146 e. The molecule has 0 aromatic carbocycles. The maximum atomic E-state index is 5.50. The van der Waals surface area contributed by atoms with Crippen molar-refractivity contribution in [3.05, 3.63) is 0 Å². The first-order chi connectivity index (χ1) is 5.61. The number of rotatable bonds is 1. The zero-order valence-corrected chi connectivity index (χ0v) is 9.25.